The quantitative estimate of drug-likeness (QED) is 0.605. The molecular formula is C19H26ClNO2. The first-order valence-electron chi connectivity index (χ1n) is 8.34. The van der Waals surface area contributed by atoms with Crippen LogP contribution in [0.2, 0.25) is 5.02 Å². The third-order valence-electron chi connectivity index (χ3n) is 3.70. The van der Waals surface area contributed by atoms with Crippen molar-refractivity contribution in [1.29, 1.82) is 0 Å². The minimum atomic E-state index is 0.731. The molecule has 0 bridgehead atoms. The maximum atomic E-state index is 6.17. The van der Waals surface area contributed by atoms with Gasteiger partial charge in [0.15, 0.2) is 0 Å². The van der Waals surface area contributed by atoms with E-state index in [4.69, 9.17) is 20.8 Å². The number of hydrogen-bond donors (Lipinski definition) is 1. The summed E-state index contributed by atoms with van der Waals surface area (Å²) in [5, 5.41) is 4.14. The molecule has 0 aliphatic rings. The summed E-state index contributed by atoms with van der Waals surface area (Å²) in [6.07, 6.45) is 3.35. The Hall–Kier alpha value is -1.29. The Morgan fingerprint density at radius 1 is 1.13 bits per heavy atom. The topological polar surface area (TPSA) is 34.4 Å². The van der Waals surface area contributed by atoms with Crippen molar-refractivity contribution in [2.24, 2.45) is 0 Å². The molecule has 0 amide bonds. The fourth-order valence-corrected chi connectivity index (χ4v) is 2.41. The van der Waals surface area contributed by atoms with Crippen molar-refractivity contribution in [2.45, 2.75) is 39.7 Å². The molecular weight excluding hydrogens is 310 g/mol. The standard InChI is InChI=1S/C19H26ClNO2/c1-3-4-11-22-12-5-10-21-14-17-8-9-19(23-17)16-7-6-15(2)18(20)13-16/h6-9,13,21H,3-5,10-12,14H2,1-2H3. The van der Waals surface area contributed by atoms with Gasteiger partial charge < -0.3 is 14.5 Å². The highest BCUT2D eigenvalue weighted by atomic mass is 35.5. The number of unbranched alkanes of at least 4 members (excludes halogenated alkanes) is 1. The van der Waals surface area contributed by atoms with Gasteiger partial charge in [0.1, 0.15) is 11.5 Å². The van der Waals surface area contributed by atoms with Gasteiger partial charge in [0, 0.05) is 23.8 Å². The Morgan fingerprint density at radius 2 is 1.96 bits per heavy atom. The van der Waals surface area contributed by atoms with E-state index in [0.717, 1.165) is 66.8 Å². The molecule has 2 rings (SSSR count). The molecule has 0 spiro atoms. The largest absolute Gasteiger partial charge is 0.460 e. The normalized spacial score (nSPS) is 11.1. The highest BCUT2D eigenvalue weighted by Crippen LogP contribution is 2.26. The molecule has 23 heavy (non-hydrogen) atoms. The van der Waals surface area contributed by atoms with E-state index in [9.17, 15) is 0 Å². The maximum Gasteiger partial charge on any atom is 0.134 e. The van der Waals surface area contributed by atoms with Crippen LogP contribution in [0.1, 0.15) is 37.5 Å². The summed E-state index contributed by atoms with van der Waals surface area (Å²) in [7, 11) is 0. The Kier molecular flexibility index (Phi) is 7.66. The second-order valence-corrected chi connectivity index (χ2v) is 6.13. The van der Waals surface area contributed by atoms with E-state index in [1.54, 1.807) is 0 Å². The van der Waals surface area contributed by atoms with Crippen molar-refractivity contribution in [2.75, 3.05) is 19.8 Å². The molecule has 0 saturated heterocycles. The molecule has 3 nitrogen and oxygen atoms in total. The Labute approximate surface area is 144 Å². The average molecular weight is 336 g/mol. The first-order valence-corrected chi connectivity index (χ1v) is 8.72. The first kappa shape index (κ1) is 18.1. The predicted molar refractivity (Wildman–Crippen MR) is 95.9 cm³/mol. The van der Waals surface area contributed by atoms with E-state index in [1.165, 1.54) is 6.42 Å². The van der Waals surface area contributed by atoms with Gasteiger partial charge in [0.05, 0.1) is 6.54 Å². The number of hydrogen-bond acceptors (Lipinski definition) is 3. The van der Waals surface area contributed by atoms with Gasteiger partial charge in [-0.05, 0) is 50.1 Å². The van der Waals surface area contributed by atoms with Crippen molar-refractivity contribution in [3.8, 4) is 11.3 Å². The zero-order valence-corrected chi connectivity index (χ0v) is 14.8. The monoisotopic (exact) mass is 335 g/mol. The summed E-state index contributed by atoms with van der Waals surface area (Å²) < 4.78 is 11.4. The van der Waals surface area contributed by atoms with Crippen molar-refractivity contribution in [1.82, 2.24) is 5.32 Å². The summed E-state index contributed by atoms with van der Waals surface area (Å²) in [5.41, 5.74) is 2.08. The minimum Gasteiger partial charge on any atom is -0.460 e. The molecule has 126 valence electrons. The number of benzene rings is 1. The molecule has 1 N–H and O–H groups in total. The Bertz CT molecular complexity index is 595. The smallest absolute Gasteiger partial charge is 0.134 e. The van der Waals surface area contributed by atoms with Gasteiger partial charge in [-0.25, -0.2) is 0 Å². The highest BCUT2D eigenvalue weighted by molar-refractivity contribution is 6.31. The fraction of sp³-hybridized carbons (Fsp3) is 0.474. The average Bonchev–Trinajstić information content (AvgIpc) is 3.01. The molecule has 0 aliphatic heterocycles. The zero-order valence-electron chi connectivity index (χ0n) is 14.0. The molecule has 1 heterocycles. The van der Waals surface area contributed by atoms with Gasteiger partial charge in [-0.3, -0.25) is 0 Å². The van der Waals surface area contributed by atoms with E-state index in [1.807, 2.05) is 37.3 Å². The lowest BCUT2D eigenvalue weighted by molar-refractivity contribution is 0.128. The predicted octanol–water partition coefficient (Wildman–Crippen LogP) is 5.20. The van der Waals surface area contributed by atoms with E-state index in [0.29, 0.717) is 0 Å². The molecule has 0 fully saturated rings. The summed E-state index contributed by atoms with van der Waals surface area (Å²) in [4.78, 5) is 0. The molecule has 4 heteroatoms. The number of rotatable bonds is 10. The molecule has 0 atom stereocenters. The second kappa shape index (κ2) is 9.76. The van der Waals surface area contributed by atoms with E-state index in [-0.39, 0.29) is 0 Å². The van der Waals surface area contributed by atoms with Gasteiger partial charge >= 0.3 is 0 Å². The second-order valence-electron chi connectivity index (χ2n) is 5.73. The third kappa shape index (κ3) is 6.02. The van der Waals surface area contributed by atoms with Crippen molar-refractivity contribution >= 4 is 11.6 Å². The van der Waals surface area contributed by atoms with E-state index >= 15 is 0 Å². The zero-order chi connectivity index (χ0) is 16.5. The SMILES string of the molecule is CCCCOCCCNCc1ccc(-c2ccc(C)c(Cl)c2)o1. The minimum absolute atomic E-state index is 0.731. The molecule has 1 aromatic carbocycles. The van der Waals surface area contributed by atoms with Crippen LogP contribution >= 0.6 is 11.6 Å². The molecule has 0 unspecified atom stereocenters. The van der Waals surface area contributed by atoms with Gasteiger partial charge in [-0.15, -0.1) is 0 Å². The van der Waals surface area contributed by atoms with Crippen molar-refractivity contribution in [3.05, 3.63) is 46.7 Å². The number of aryl methyl sites for hydroxylation is 1. The van der Waals surface area contributed by atoms with Crippen LogP contribution in [-0.2, 0) is 11.3 Å². The lowest BCUT2D eigenvalue weighted by Gasteiger charge is -2.04. The van der Waals surface area contributed by atoms with Crippen LogP contribution in [0.25, 0.3) is 11.3 Å². The van der Waals surface area contributed by atoms with Crippen LogP contribution in [-0.4, -0.2) is 19.8 Å². The van der Waals surface area contributed by atoms with Crippen LogP contribution in [0.3, 0.4) is 0 Å². The summed E-state index contributed by atoms with van der Waals surface area (Å²) in [5.74, 6) is 1.79. The van der Waals surface area contributed by atoms with Crippen LogP contribution in [0.5, 0.6) is 0 Å². The molecule has 1 aromatic heterocycles. The van der Waals surface area contributed by atoms with Crippen LogP contribution in [0.15, 0.2) is 34.7 Å². The number of ether oxygens (including phenoxy) is 1. The van der Waals surface area contributed by atoms with Crippen molar-refractivity contribution < 1.29 is 9.15 Å². The fourth-order valence-electron chi connectivity index (χ4n) is 2.23. The van der Waals surface area contributed by atoms with Crippen LogP contribution in [0.4, 0.5) is 0 Å². The number of nitrogens with one attached hydrogen (secondary N) is 1. The number of furan rings is 1. The lowest BCUT2D eigenvalue weighted by Crippen LogP contribution is -2.16. The van der Waals surface area contributed by atoms with Gasteiger partial charge in [0.2, 0.25) is 0 Å². The third-order valence-corrected chi connectivity index (χ3v) is 4.11. The Balaban J connectivity index is 1.71. The molecule has 0 saturated carbocycles. The summed E-state index contributed by atoms with van der Waals surface area (Å²) >= 11 is 6.17. The molecule has 2 aromatic rings. The molecule has 0 aliphatic carbocycles. The van der Waals surface area contributed by atoms with Gasteiger partial charge in [-0.2, -0.15) is 0 Å². The number of halogens is 1. The van der Waals surface area contributed by atoms with E-state index < -0.39 is 0 Å². The van der Waals surface area contributed by atoms with Crippen LogP contribution in [0, 0.1) is 6.92 Å². The first-order chi connectivity index (χ1) is 11.2. The summed E-state index contributed by atoms with van der Waals surface area (Å²) in [6, 6.07) is 9.99. The van der Waals surface area contributed by atoms with E-state index in [2.05, 4.69) is 12.2 Å². The Morgan fingerprint density at radius 3 is 2.74 bits per heavy atom. The van der Waals surface area contributed by atoms with Crippen LogP contribution < -0.4 is 5.32 Å². The van der Waals surface area contributed by atoms with Crippen molar-refractivity contribution in [3.63, 3.8) is 0 Å². The van der Waals surface area contributed by atoms with Gasteiger partial charge in [0.25, 0.3) is 0 Å². The van der Waals surface area contributed by atoms with Gasteiger partial charge in [-0.1, -0.05) is 37.1 Å². The molecule has 0 radical (unpaired) electrons. The lowest BCUT2D eigenvalue weighted by atomic mass is 10.1. The highest BCUT2D eigenvalue weighted by Gasteiger charge is 2.06. The summed E-state index contributed by atoms with van der Waals surface area (Å²) in [6.45, 7) is 7.52. The maximum absolute atomic E-state index is 6.17.